The number of fused-ring (bicyclic) bond motifs is 3. The molecule has 3 rings (SSSR count). The van der Waals surface area contributed by atoms with Crippen LogP contribution in [0.2, 0.25) is 0 Å². The average Bonchev–Trinajstić information content (AvgIpc) is 2.57. The van der Waals surface area contributed by atoms with Crippen LogP contribution in [0, 0.1) is 11.3 Å². The highest BCUT2D eigenvalue weighted by Gasteiger charge is 2.63. The second-order valence-electron chi connectivity index (χ2n) is 7.34. The van der Waals surface area contributed by atoms with Crippen LogP contribution in [-0.2, 0) is 19.7 Å². The number of Topliss-reactive ketones (excluding diaryl/α,β-unsaturated/α-hetero) is 2. The molecule has 0 N–H and O–H groups in total. The zero-order valence-electron chi connectivity index (χ0n) is 14.5. The zero-order chi connectivity index (χ0) is 17.7. The molecule has 0 heterocycles. The standard InChI is InChI=1S/C19H22O5/c1-18(2)8-5-9-19(17(22)24-4)13-10-11(23-3)6-7-12(13)14(20)15(21)16(18)19/h6-7,10,16H,5,8-9H2,1-4H3/t16-,19+/m0/s1. The molecule has 2 aliphatic carbocycles. The fourth-order valence-corrected chi connectivity index (χ4v) is 4.64. The molecule has 128 valence electrons. The topological polar surface area (TPSA) is 69.7 Å². The van der Waals surface area contributed by atoms with Crippen LogP contribution in [0.25, 0.3) is 0 Å². The lowest BCUT2D eigenvalue weighted by Crippen LogP contribution is -2.60. The molecule has 0 unspecified atom stereocenters. The summed E-state index contributed by atoms with van der Waals surface area (Å²) in [7, 11) is 2.86. The van der Waals surface area contributed by atoms with Crippen molar-refractivity contribution in [2.75, 3.05) is 14.2 Å². The molecule has 0 bridgehead atoms. The lowest BCUT2D eigenvalue weighted by atomic mass is 9.49. The van der Waals surface area contributed by atoms with Crippen molar-refractivity contribution in [1.29, 1.82) is 0 Å². The van der Waals surface area contributed by atoms with Crippen LogP contribution in [0.3, 0.4) is 0 Å². The van der Waals surface area contributed by atoms with Gasteiger partial charge in [-0.1, -0.05) is 20.3 Å². The molecule has 0 amide bonds. The van der Waals surface area contributed by atoms with Crippen LogP contribution in [0.1, 0.15) is 49.0 Å². The molecular formula is C19H22O5. The highest BCUT2D eigenvalue weighted by Crippen LogP contribution is 2.56. The summed E-state index contributed by atoms with van der Waals surface area (Å²) >= 11 is 0. The lowest BCUT2D eigenvalue weighted by molar-refractivity contribution is -0.159. The van der Waals surface area contributed by atoms with Crippen molar-refractivity contribution in [1.82, 2.24) is 0 Å². The molecule has 1 saturated carbocycles. The van der Waals surface area contributed by atoms with Crippen LogP contribution in [0.4, 0.5) is 0 Å². The third-order valence-electron chi connectivity index (χ3n) is 5.65. The Morgan fingerprint density at radius 3 is 2.50 bits per heavy atom. The van der Waals surface area contributed by atoms with Crippen molar-refractivity contribution in [3.63, 3.8) is 0 Å². The van der Waals surface area contributed by atoms with Gasteiger partial charge in [0.1, 0.15) is 11.2 Å². The maximum absolute atomic E-state index is 12.9. The molecule has 5 nitrogen and oxygen atoms in total. The van der Waals surface area contributed by atoms with E-state index in [2.05, 4.69) is 0 Å². The van der Waals surface area contributed by atoms with E-state index in [0.717, 1.165) is 12.8 Å². The number of benzene rings is 1. The van der Waals surface area contributed by atoms with Crippen LogP contribution < -0.4 is 4.74 Å². The van der Waals surface area contributed by atoms with E-state index in [4.69, 9.17) is 9.47 Å². The van der Waals surface area contributed by atoms with E-state index < -0.39 is 34.3 Å². The van der Waals surface area contributed by atoms with Gasteiger partial charge < -0.3 is 9.47 Å². The Kier molecular flexibility index (Phi) is 3.78. The Bertz CT molecular complexity index is 733. The van der Waals surface area contributed by atoms with E-state index in [1.807, 2.05) is 13.8 Å². The molecule has 0 aromatic heterocycles. The SMILES string of the molecule is COC(=O)[C@@]12CCCC(C)(C)[C@@H]1C(=O)C(=O)c1ccc(OC)cc12. The van der Waals surface area contributed by atoms with Gasteiger partial charge in [0.15, 0.2) is 0 Å². The number of methoxy groups -OCH3 is 2. The summed E-state index contributed by atoms with van der Waals surface area (Å²) in [5, 5.41) is 0. The number of ether oxygens (including phenoxy) is 2. The largest absolute Gasteiger partial charge is 0.497 e. The van der Waals surface area contributed by atoms with E-state index in [0.29, 0.717) is 23.3 Å². The normalized spacial score (nSPS) is 27.9. The van der Waals surface area contributed by atoms with E-state index in [9.17, 15) is 14.4 Å². The first-order chi connectivity index (χ1) is 11.3. The molecule has 0 radical (unpaired) electrons. The molecule has 1 fully saturated rings. The number of carbonyl (C=O) groups excluding carboxylic acids is 3. The highest BCUT2D eigenvalue weighted by molar-refractivity contribution is 6.47. The molecule has 2 aliphatic rings. The third kappa shape index (κ3) is 2.03. The summed E-state index contributed by atoms with van der Waals surface area (Å²) in [6.07, 6.45) is 2.07. The summed E-state index contributed by atoms with van der Waals surface area (Å²) in [5.41, 5.74) is -0.720. The summed E-state index contributed by atoms with van der Waals surface area (Å²) in [6, 6.07) is 4.94. The highest BCUT2D eigenvalue weighted by atomic mass is 16.5. The number of hydrogen-bond acceptors (Lipinski definition) is 5. The monoisotopic (exact) mass is 330 g/mol. The first-order valence-electron chi connectivity index (χ1n) is 8.15. The van der Waals surface area contributed by atoms with Crippen molar-refractivity contribution >= 4 is 17.5 Å². The van der Waals surface area contributed by atoms with E-state index >= 15 is 0 Å². The van der Waals surface area contributed by atoms with Gasteiger partial charge in [0.25, 0.3) is 0 Å². The number of hydrogen-bond donors (Lipinski definition) is 0. The maximum atomic E-state index is 12.9. The summed E-state index contributed by atoms with van der Waals surface area (Å²) < 4.78 is 10.4. The van der Waals surface area contributed by atoms with Crippen molar-refractivity contribution in [3.05, 3.63) is 29.3 Å². The van der Waals surface area contributed by atoms with E-state index in [1.54, 1.807) is 18.2 Å². The number of esters is 1. The minimum absolute atomic E-state index is 0.292. The smallest absolute Gasteiger partial charge is 0.317 e. The quantitative estimate of drug-likeness (QED) is 0.616. The second kappa shape index (κ2) is 5.43. The molecule has 24 heavy (non-hydrogen) atoms. The van der Waals surface area contributed by atoms with Crippen LogP contribution in [0.15, 0.2) is 18.2 Å². The number of rotatable bonds is 2. The molecule has 0 spiro atoms. The van der Waals surface area contributed by atoms with Crippen molar-refractivity contribution in [2.45, 2.75) is 38.5 Å². The van der Waals surface area contributed by atoms with Crippen LogP contribution in [0.5, 0.6) is 5.75 Å². The Labute approximate surface area is 141 Å². The minimum Gasteiger partial charge on any atom is -0.497 e. The minimum atomic E-state index is -1.12. The fourth-order valence-electron chi connectivity index (χ4n) is 4.64. The Morgan fingerprint density at radius 1 is 1.17 bits per heavy atom. The van der Waals surface area contributed by atoms with E-state index in [-0.39, 0.29) is 0 Å². The van der Waals surface area contributed by atoms with Gasteiger partial charge >= 0.3 is 5.97 Å². The van der Waals surface area contributed by atoms with Gasteiger partial charge in [-0.25, -0.2) is 0 Å². The molecule has 0 aliphatic heterocycles. The predicted molar refractivity (Wildman–Crippen MR) is 87.1 cm³/mol. The van der Waals surface area contributed by atoms with Gasteiger partial charge in [0.2, 0.25) is 11.6 Å². The lowest BCUT2D eigenvalue weighted by Gasteiger charge is -2.51. The Balaban J connectivity index is 2.37. The summed E-state index contributed by atoms with van der Waals surface area (Å²) in [6.45, 7) is 3.90. The van der Waals surface area contributed by atoms with E-state index in [1.165, 1.54) is 14.2 Å². The third-order valence-corrected chi connectivity index (χ3v) is 5.65. The van der Waals surface area contributed by atoms with Crippen molar-refractivity contribution in [3.8, 4) is 5.75 Å². The first kappa shape index (κ1) is 16.7. The molecule has 1 aromatic rings. The molecular weight excluding hydrogens is 308 g/mol. The van der Waals surface area contributed by atoms with Crippen LogP contribution in [-0.4, -0.2) is 31.8 Å². The van der Waals surface area contributed by atoms with Gasteiger partial charge in [-0.3, -0.25) is 14.4 Å². The van der Waals surface area contributed by atoms with Gasteiger partial charge in [0, 0.05) is 5.56 Å². The second-order valence-corrected chi connectivity index (χ2v) is 7.34. The molecule has 0 saturated heterocycles. The summed E-state index contributed by atoms with van der Waals surface area (Å²) in [5.74, 6) is -1.61. The number of carbonyl (C=O) groups is 3. The Morgan fingerprint density at radius 2 is 1.88 bits per heavy atom. The van der Waals surface area contributed by atoms with Gasteiger partial charge in [-0.15, -0.1) is 0 Å². The Hall–Kier alpha value is -2.17. The van der Waals surface area contributed by atoms with Crippen molar-refractivity contribution < 1.29 is 23.9 Å². The molecule has 2 atom stereocenters. The first-order valence-corrected chi connectivity index (χ1v) is 8.15. The van der Waals surface area contributed by atoms with Gasteiger partial charge in [-0.05, 0) is 42.0 Å². The van der Waals surface area contributed by atoms with Crippen molar-refractivity contribution in [2.24, 2.45) is 11.3 Å². The fraction of sp³-hybridized carbons (Fsp3) is 0.526. The zero-order valence-corrected chi connectivity index (χ0v) is 14.5. The molecule has 1 aromatic carbocycles. The summed E-state index contributed by atoms with van der Waals surface area (Å²) in [4.78, 5) is 38.5. The van der Waals surface area contributed by atoms with Gasteiger partial charge in [-0.2, -0.15) is 0 Å². The predicted octanol–water partition coefficient (Wildman–Crippen LogP) is 2.70. The van der Waals surface area contributed by atoms with Crippen LogP contribution >= 0.6 is 0 Å². The average molecular weight is 330 g/mol. The molecule has 5 heteroatoms. The number of ketones is 2. The van der Waals surface area contributed by atoms with Gasteiger partial charge in [0.05, 0.1) is 20.1 Å². The maximum Gasteiger partial charge on any atom is 0.317 e.